The summed E-state index contributed by atoms with van der Waals surface area (Å²) >= 11 is 12.1. The molecule has 3 rings (SSSR count). The fourth-order valence-corrected chi connectivity index (χ4v) is 3.31. The second-order valence-corrected chi connectivity index (χ2v) is 6.71. The zero-order chi connectivity index (χ0) is 17.8. The van der Waals surface area contributed by atoms with E-state index in [0.29, 0.717) is 34.1 Å². The standard InChI is InChI=1S/C17H19Cl2N3O3/c1-20-11-4-3-7-22(9-11)17(23)15-8-12(25-21-15)10-24-16-13(18)5-2-6-14(16)19/h2,5-6,8,11,20H,3-4,7,9-10H2,1H3. The van der Waals surface area contributed by atoms with E-state index < -0.39 is 0 Å². The summed E-state index contributed by atoms with van der Waals surface area (Å²) < 4.78 is 10.8. The summed E-state index contributed by atoms with van der Waals surface area (Å²) in [5, 5.41) is 7.90. The summed E-state index contributed by atoms with van der Waals surface area (Å²) in [6, 6.07) is 7.02. The van der Waals surface area contributed by atoms with Crippen molar-refractivity contribution in [1.29, 1.82) is 0 Å². The van der Waals surface area contributed by atoms with Crippen LogP contribution in [0.2, 0.25) is 10.0 Å². The van der Waals surface area contributed by atoms with Crippen LogP contribution in [0.25, 0.3) is 0 Å². The van der Waals surface area contributed by atoms with E-state index in [0.717, 1.165) is 19.4 Å². The minimum absolute atomic E-state index is 0.0862. The van der Waals surface area contributed by atoms with Crippen molar-refractivity contribution >= 4 is 29.1 Å². The Bertz CT molecular complexity index is 730. The molecule has 0 saturated carbocycles. The average Bonchev–Trinajstić information content (AvgIpc) is 3.09. The van der Waals surface area contributed by atoms with Gasteiger partial charge in [-0.25, -0.2) is 0 Å². The summed E-state index contributed by atoms with van der Waals surface area (Å²) in [6.07, 6.45) is 2.03. The predicted octanol–water partition coefficient (Wildman–Crippen LogP) is 3.38. The number of nitrogens with zero attached hydrogens (tertiary/aromatic N) is 2. The molecule has 25 heavy (non-hydrogen) atoms. The first-order valence-corrected chi connectivity index (χ1v) is 8.83. The van der Waals surface area contributed by atoms with Crippen LogP contribution in [0, 0.1) is 0 Å². The highest BCUT2D eigenvalue weighted by atomic mass is 35.5. The molecular weight excluding hydrogens is 365 g/mol. The Morgan fingerprint density at radius 3 is 2.92 bits per heavy atom. The first-order valence-electron chi connectivity index (χ1n) is 8.07. The lowest BCUT2D eigenvalue weighted by atomic mass is 10.1. The Labute approximate surface area is 156 Å². The number of carbonyl (C=O) groups excluding carboxylic acids is 1. The molecule has 1 aromatic heterocycles. The normalized spacial score (nSPS) is 17.6. The molecule has 1 aliphatic rings. The van der Waals surface area contributed by atoms with E-state index in [1.54, 1.807) is 29.2 Å². The maximum atomic E-state index is 12.5. The summed E-state index contributed by atoms with van der Waals surface area (Å²) in [7, 11) is 1.91. The molecule has 0 bridgehead atoms. The highest BCUT2D eigenvalue weighted by Crippen LogP contribution is 2.33. The molecule has 0 radical (unpaired) electrons. The number of benzene rings is 1. The van der Waals surface area contributed by atoms with Crippen LogP contribution in [0.3, 0.4) is 0 Å². The highest BCUT2D eigenvalue weighted by Gasteiger charge is 2.25. The number of hydrogen-bond donors (Lipinski definition) is 1. The fraction of sp³-hybridized carbons (Fsp3) is 0.412. The third-order valence-corrected chi connectivity index (χ3v) is 4.77. The smallest absolute Gasteiger partial charge is 0.276 e. The second kappa shape index (κ2) is 8.08. The van der Waals surface area contributed by atoms with Crippen LogP contribution in [-0.4, -0.2) is 42.1 Å². The number of amides is 1. The lowest BCUT2D eigenvalue weighted by molar-refractivity contribution is 0.0687. The van der Waals surface area contributed by atoms with Crippen LogP contribution >= 0.6 is 23.2 Å². The number of likely N-dealkylation sites (N-methyl/N-ethyl adjacent to an activating group) is 1. The topological polar surface area (TPSA) is 67.6 Å². The van der Waals surface area contributed by atoms with Gasteiger partial charge in [-0.15, -0.1) is 0 Å². The molecule has 1 aliphatic heterocycles. The van der Waals surface area contributed by atoms with E-state index >= 15 is 0 Å². The van der Waals surface area contributed by atoms with Crippen molar-refractivity contribution in [2.45, 2.75) is 25.5 Å². The van der Waals surface area contributed by atoms with Crippen LogP contribution in [0.1, 0.15) is 29.1 Å². The summed E-state index contributed by atoms with van der Waals surface area (Å²) in [4.78, 5) is 14.3. The van der Waals surface area contributed by atoms with Gasteiger partial charge in [0, 0.05) is 25.2 Å². The van der Waals surface area contributed by atoms with E-state index in [4.69, 9.17) is 32.5 Å². The molecule has 2 heterocycles. The minimum Gasteiger partial charge on any atom is -0.482 e. The molecule has 1 amide bonds. The van der Waals surface area contributed by atoms with Gasteiger partial charge in [0.2, 0.25) is 0 Å². The highest BCUT2D eigenvalue weighted by molar-refractivity contribution is 6.37. The van der Waals surface area contributed by atoms with E-state index in [1.807, 2.05) is 7.05 Å². The Morgan fingerprint density at radius 1 is 1.44 bits per heavy atom. The lowest BCUT2D eigenvalue weighted by Crippen LogP contribution is -2.47. The molecule has 1 N–H and O–H groups in total. The molecule has 134 valence electrons. The van der Waals surface area contributed by atoms with Crippen molar-refractivity contribution in [3.63, 3.8) is 0 Å². The van der Waals surface area contributed by atoms with Crippen LogP contribution in [0.4, 0.5) is 0 Å². The molecule has 1 unspecified atom stereocenters. The summed E-state index contributed by atoms with van der Waals surface area (Å²) in [5.41, 5.74) is 0.278. The number of para-hydroxylation sites is 1. The van der Waals surface area contributed by atoms with Crippen molar-refractivity contribution in [2.24, 2.45) is 0 Å². The van der Waals surface area contributed by atoms with Crippen LogP contribution in [0.15, 0.2) is 28.8 Å². The molecule has 1 atom stereocenters. The van der Waals surface area contributed by atoms with Gasteiger partial charge in [-0.05, 0) is 32.0 Å². The number of likely N-dealkylation sites (tertiary alicyclic amines) is 1. The Hall–Kier alpha value is -1.76. The van der Waals surface area contributed by atoms with Crippen molar-refractivity contribution in [3.8, 4) is 5.75 Å². The molecular formula is C17H19Cl2N3O3. The first kappa shape index (κ1) is 18.0. The van der Waals surface area contributed by atoms with Crippen LogP contribution in [0.5, 0.6) is 5.75 Å². The zero-order valence-corrected chi connectivity index (χ0v) is 15.3. The summed E-state index contributed by atoms with van der Waals surface area (Å²) in [6.45, 7) is 1.48. The number of hydrogen-bond acceptors (Lipinski definition) is 5. The molecule has 0 aliphatic carbocycles. The minimum atomic E-state index is -0.134. The third kappa shape index (κ3) is 4.26. The van der Waals surface area contributed by atoms with Crippen molar-refractivity contribution in [1.82, 2.24) is 15.4 Å². The number of halogens is 2. The number of carbonyl (C=O) groups is 1. The molecule has 0 spiro atoms. The fourth-order valence-electron chi connectivity index (χ4n) is 2.80. The summed E-state index contributed by atoms with van der Waals surface area (Å²) in [5.74, 6) is 0.676. The number of piperidine rings is 1. The third-order valence-electron chi connectivity index (χ3n) is 4.17. The molecule has 2 aromatic rings. The largest absolute Gasteiger partial charge is 0.482 e. The van der Waals surface area contributed by atoms with Gasteiger partial charge in [0.05, 0.1) is 10.0 Å². The van der Waals surface area contributed by atoms with Crippen LogP contribution in [-0.2, 0) is 6.61 Å². The van der Waals surface area contributed by atoms with Gasteiger partial charge in [0.1, 0.15) is 6.61 Å². The zero-order valence-electron chi connectivity index (χ0n) is 13.8. The van der Waals surface area contributed by atoms with Crippen molar-refractivity contribution in [2.75, 3.05) is 20.1 Å². The van der Waals surface area contributed by atoms with E-state index in [9.17, 15) is 4.79 Å². The Balaban J connectivity index is 1.63. The van der Waals surface area contributed by atoms with Gasteiger partial charge in [0.25, 0.3) is 5.91 Å². The SMILES string of the molecule is CNC1CCCN(C(=O)c2cc(COc3c(Cl)cccc3Cl)on2)C1. The van der Waals surface area contributed by atoms with Gasteiger partial charge in [0.15, 0.2) is 17.2 Å². The predicted molar refractivity (Wildman–Crippen MR) is 95.3 cm³/mol. The molecule has 6 nitrogen and oxygen atoms in total. The van der Waals surface area contributed by atoms with Gasteiger partial charge in [-0.2, -0.15) is 0 Å². The van der Waals surface area contributed by atoms with Gasteiger partial charge in [-0.3, -0.25) is 4.79 Å². The maximum absolute atomic E-state index is 12.5. The van der Waals surface area contributed by atoms with Gasteiger partial charge in [-0.1, -0.05) is 34.4 Å². The number of nitrogens with one attached hydrogen (secondary N) is 1. The van der Waals surface area contributed by atoms with Gasteiger partial charge < -0.3 is 19.5 Å². The number of aromatic nitrogens is 1. The van der Waals surface area contributed by atoms with Crippen LogP contribution < -0.4 is 10.1 Å². The first-order chi connectivity index (χ1) is 12.1. The van der Waals surface area contributed by atoms with E-state index in [2.05, 4.69) is 10.5 Å². The Morgan fingerprint density at radius 2 is 2.20 bits per heavy atom. The monoisotopic (exact) mass is 383 g/mol. The number of ether oxygens (including phenoxy) is 1. The second-order valence-electron chi connectivity index (χ2n) is 5.90. The number of rotatable bonds is 5. The van der Waals surface area contributed by atoms with E-state index in [-0.39, 0.29) is 18.2 Å². The van der Waals surface area contributed by atoms with E-state index in [1.165, 1.54) is 0 Å². The Kier molecular flexibility index (Phi) is 5.83. The molecule has 1 saturated heterocycles. The van der Waals surface area contributed by atoms with Crippen molar-refractivity contribution < 1.29 is 14.1 Å². The lowest BCUT2D eigenvalue weighted by Gasteiger charge is -2.31. The average molecular weight is 384 g/mol. The molecule has 1 fully saturated rings. The van der Waals surface area contributed by atoms with Crippen molar-refractivity contribution in [3.05, 3.63) is 45.8 Å². The van der Waals surface area contributed by atoms with Gasteiger partial charge >= 0.3 is 0 Å². The maximum Gasteiger partial charge on any atom is 0.276 e. The molecule has 1 aromatic carbocycles. The quantitative estimate of drug-likeness (QED) is 0.856. The molecule has 8 heteroatoms.